The molecule has 2 nitrogen and oxygen atoms in total. The largest absolute Gasteiger partial charge is 0.315 e. The minimum Gasteiger partial charge on any atom is -0.315 e. The van der Waals surface area contributed by atoms with Crippen molar-refractivity contribution < 1.29 is 0 Å². The highest BCUT2D eigenvalue weighted by Gasteiger charge is 2.24. The van der Waals surface area contributed by atoms with Gasteiger partial charge in [0.15, 0.2) is 0 Å². The number of halogens is 1. The van der Waals surface area contributed by atoms with Crippen LogP contribution in [0.1, 0.15) is 22.9 Å². The van der Waals surface area contributed by atoms with E-state index in [9.17, 15) is 0 Å². The molecule has 1 N–H and O–H groups in total. The van der Waals surface area contributed by atoms with Gasteiger partial charge in [-0.1, -0.05) is 66.2 Å². The van der Waals surface area contributed by atoms with E-state index in [1.165, 1.54) is 28.0 Å². The van der Waals surface area contributed by atoms with E-state index in [2.05, 4.69) is 70.9 Å². The van der Waals surface area contributed by atoms with Crippen LogP contribution in [0, 0.1) is 0 Å². The topological polar surface area (TPSA) is 15.3 Å². The van der Waals surface area contributed by atoms with Crippen LogP contribution >= 0.6 is 22.9 Å². The maximum Gasteiger partial charge on any atom is 0.0931 e. The highest BCUT2D eigenvalue weighted by Crippen LogP contribution is 2.36. The Balaban J connectivity index is 1.67. The first-order valence-electron chi connectivity index (χ1n) is 9.17. The third kappa shape index (κ3) is 4.02. The normalized spacial score (nSPS) is 17.0. The van der Waals surface area contributed by atoms with Gasteiger partial charge in [0, 0.05) is 24.5 Å². The summed E-state index contributed by atoms with van der Waals surface area (Å²) in [5.74, 6) is 0. The van der Waals surface area contributed by atoms with Crippen LogP contribution < -0.4 is 5.32 Å². The lowest BCUT2D eigenvalue weighted by atomic mass is 9.99. The van der Waals surface area contributed by atoms with Crippen LogP contribution in [-0.2, 0) is 0 Å². The summed E-state index contributed by atoms with van der Waals surface area (Å²) in [5.41, 5.74) is 3.86. The van der Waals surface area contributed by atoms with Gasteiger partial charge in [-0.25, -0.2) is 0 Å². The lowest BCUT2D eigenvalue weighted by molar-refractivity contribution is 0.244. The van der Waals surface area contributed by atoms with Crippen molar-refractivity contribution in [3.8, 4) is 11.1 Å². The molecular formula is C22H23ClN2S. The number of nitrogens with zero attached hydrogens (tertiary/aromatic N) is 1. The molecule has 2 heterocycles. The van der Waals surface area contributed by atoms with Gasteiger partial charge in [0.25, 0.3) is 0 Å². The van der Waals surface area contributed by atoms with Crippen molar-refractivity contribution in [1.82, 2.24) is 10.2 Å². The zero-order valence-corrected chi connectivity index (χ0v) is 16.3. The van der Waals surface area contributed by atoms with Crippen molar-refractivity contribution in [2.24, 2.45) is 0 Å². The molecule has 0 saturated carbocycles. The van der Waals surface area contributed by atoms with Crippen molar-refractivity contribution in [2.75, 3.05) is 26.2 Å². The van der Waals surface area contributed by atoms with Gasteiger partial charge >= 0.3 is 0 Å². The van der Waals surface area contributed by atoms with Crippen LogP contribution in [0.2, 0.25) is 4.34 Å². The number of rotatable bonds is 4. The minimum absolute atomic E-state index is 0.275. The minimum atomic E-state index is 0.275. The predicted octanol–water partition coefficient (Wildman–Crippen LogP) is 5.45. The highest BCUT2D eigenvalue weighted by atomic mass is 35.5. The first-order valence-corrected chi connectivity index (χ1v) is 10.4. The van der Waals surface area contributed by atoms with Crippen LogP contribution in [0.15, 0.2) is 66.7 Å². The average molecular weight is 383 g/mol. The van der Waals surface area contributed by atoms with Gasteiger partial charge < -0.3 is 5.32 Å². The highest BCUT2D eigenvalue weighted by molar-refractivity contribution is 7.16. The molecule has 1 fully saturated rings. The Kier molecular flexibility index (Phi) is 5.71. The smallest absolute Gasteiger partial charge is 0.0931 e. The number of thiophene rings is 1. The standard InChI is InChI=1S/C22H23ClN2S/c23-21-12-11-20(26-21)22(25-15-4-13-24-14-16-25)19-9-7-18(8-10-19)17-5-2-1-3-6-17/h1-3,5-12,22,24H,4,13-16H2. The molecule has 1 saturated heterocycles. The van der Waals surface area contributed by atoms with E-state index in [0.717, 1.165) is 30.5 Å². The summed E-state index contributed by atoms with van der Waals surface area (Å²) in [6, 6.07) is 24.1. The molecule has 1 aliphatic heterocycles. The molecule has 3 aromatic rings. The van der Waals surface area contributed by atoms with Gasteiger partial charge in [0.1, 0.15) is 0 Å². The fraction of sp³-hybridized carbons (Fsp3) is 0.273. The second-order valence-corrected chi connectivity index (χ2v) is 8.42. The van der Waals surface area contributed by atoms with Gasteiger partial charge in [0.2, 0.25) is 0 Å². The molecule has 4 heteroatoms. The molecule has 0 bridgehead atoms. The molecule has 0 aliphatic carbocycles. The van der Waals surface area contributed by atoms with Crippen molar-refractivity contribution >= 4 is 22.9 Å². The number of hydrogen-bond acceptors (Lipinski definition) is 3. The fourth-order valence-electron chi connectivity index (χ4n) is 3.64. The molecule has 1 aromatic heterocycles. The van der Waals surface area contributed by atoms with E-state index >= 15 is 0 Å². The Morgan fingerprint density at radius 2 is 1.62 bits per heavy atom. The van der Waals surface area contributed by atoms with Crippen LogP contribution in [0.25, 0.3) is 11.1 Å². The second kappa shape index (κ2) is 8.36. The van der Waals surface area contributed by atoms with E-state index in [0.29, 0.717) is 0 Å². The Morgan fingerprint density at radius 1 is 0.846 bits per heavy atom. The maximum absolute atomic E-state index is 6.26. The summed E-state index contributed by atoms with van der Waals surface area (Å²) < 4.78 is 0.860. The first-order chi connectivity index (χ1) is 12.8. The Bertz CT molecular complexity index is 821. The summed E-state index contributed by atoms with van der Waals surface area (Å²) in [6.07, 6.45) is 1.18. The molecule has 1 unspecified atom stereocenters. The first kappa shape index (κ1) is 17.7. The van der Waals surface area contributed by atoms with E-state index in [1.807, 2.05) is 6.07 Å². The van der Waals surface area contributed by atoms with E-state index in [1.54, 1.807) is 11.3 Å². The van der Waals surface area contributed by atoms with E-state index in [4.69, 9.17) is 11.6 Å². The molecule has 134 valence electrons. The molecule has 26 heavy (non-hydrogen) atoms. The zero-order valence-electron chi connectivity index (χ0n) is 14.7. The average Bonchev–Trinajstić information content (AvgIpc) is 2.93. The van der Waals surface area contributed by atoms with Gasteiger partial charge in [-0.15, -0.1) is 11.3 Å². The van der Waals surface area contributed by atoms with Gasteiger partial charge in [-0.05, 0) is 41.8 Å². The quantitative estimate of drug-likeness (QED) is 0.645. The lowest BCUT2D eigenvalue weighted by Crippen LogP contribution is -2.32. The molecule has 4 rings (SSSR count). The van der Waals surface area contributed by atoms with Gasteiger partial charge in [-0.2, -0.15) is 0 Å². The molecule has 2 aromatic carbocycles. The monoisotopic (exact) mass is 382 g/mol. The molecule has 1 aliphatic rings. The zero-order chi connectivity index (χ0) is 17.8. The van der Waals surface area contributed by atoms with Crippen LogP contribution in [0.4, 0.5) is 0 Å². The van der Waals surface area contributed by atoms with E-state index in [-0.39, 0.29) is 6.04 Å². The summed E-state index contributed by atoms with van der Waals surface area (Å²) in [6.45, 7) is 4.30. The molecule has 0 spiro atoms. The third-order valence-electron chi connectivity index (χ3n) is 4.94. The second-order valence-electron chi connectivity index (χ2n) is 6.67. The predicted molar refractivity (Wildman–Crippen MR) is 112 cm³/mol. The maximum atomic E-state index is 6.26. The fourth-order valence-corrected chi connectivity index (χ4v) is 4.87. The summed E-state index contributed by atoms with van der Waals surface area (Å²) in [4.78, 5) is 3.91. The molecule has 0 radical (unpaired) electrons. The Morgan fingerprint density at radius 3 is 2.35 bits per heavy atom. The Hall–Kier alpha value is -1.65. The third-order valence-corrected chi connectivity index (χ3v) is 6.22. The van der Waals surface area contributed by atoms with Crippen molar-refractivity contribution in [2.45, 2.75) is 12.5 Å². The summed E-state index contributed by atoms with van der Waals surface area (Å²) >= 11 is 7.95. The SMILES string of the molecule is Clc1ccc(C(c2ccc(-c3ccccc3)cc2)N2CCCNCC2)s1. The molecule has 0 amide bonds. The van der Waals surface area contributed by atoms with Crippen LogP contribution in [-0.4, -0.2) is 31.1 Å². The number of benzene rings is 2. The molecular weight excluding hydrogens is 360 g/mol. The summed E-state index contributed by atoms with van der Waals surface area (Å²) in [7, 11) is 0. The van der Waals surface area contributed by atoms with Crippen LogP contribution in [0.5, 0.6) is 0 Å². The van der Waals surface area contributed by atoms with Gasteiger partial charge in [-0.3, -0.25) is 4.90 Å². The van der Waals surface area contributed by atoms with Crippen molar-refractivity contribution in [3.05, 3.63) is 81.5 Å². The lowest BCUT2D eigenvalue weighted by Gasteiger charge is -2.30. The van der Waals surface area contributed by atoms with Crippen molar-refractivity contribution in [3.63, 3.8) is 0 Å². The number of hydrogen-bond donors (Lipinski definition) is 1. The Labute approximate surface area is 164 Å². The number of nitrogens with one attached hydrogen (secondary N) is 1. The van der Waals surface area contributed by atoms with E-state index < -0.39 is 0 Å². The van der Waals surface area contributed by atoms with Gasteiger partial charge in [0.05, 0.1) is 10.4 Å². The van der Waals surface area contributed by atoms with Crippen molar-refractivity contribution in [1.29, 1.82) is 0 Å². The summed E-state index contributed by atoms with van der Waals surface area (Å²) in [5, 5.41) is 3.51. The van der Waals surface area contributed by atoms with Crippen LogP contribution in [0.3, 0.4) is 0 Å². The molecule has 1 atom stereocenters.